The zero-order chi connectivity index (χ0) is 13.4. The molecule has 1 aliphatic carbocycles. The Bertz CT molecular complexity index is 396. The Balaban J connectivity index is 2.15. The van der Waals surface area contributed by atoms with Gasteiger partial charge in [-0.25, -0.2) is 4.39 Å². The van der Waals surface area contributed by atoms with Gasteiger partial charge in [0, 0.05) is 17.5 Å². The van der Waals surface area contributed by atoms with Crippen LogP contribution in [0.5, 0.6) is 0 Å². The number of hydrogen-bond donors (Lipinski definition) is 1. The lowest BCUT2D eigenvalue weighted by molar-refractivity contribution is 0.142. The summed E-state index contributed by atoms with van der Waals surface area (Å²) >= 11 is 0. The minimum Gasteiger partial charge on any atom is -0.311 e. The molecule has 0 spiro atoms. The third-order valence-electron chi connectivity index (χ3n) is 3.89. The Kier molecular flexibility index (Phi) is 3.50. The monoisotopic (exact) mass is 249 g/mol. The third-order valence-corrected chi connectivity index (χ3v) is 3.89. The number of halogens is 1. The van der Waals surface area contributed by atoms with Gasteiger partial charge in [0.05, 0.1) is 0 Å². The summed E-state index contributed by atoms with van der Waals surface area (Å²) in [6.07, 6.45) is 2.39. The van der Waals surface area contributed by atoms with Crippen LogP contribution in [0, 0.1) is 11.7 Å². The van der Waals surface area contributed by atoms with E-state index in [1.165, 1.54) is 18.4 Å². The van der Waals surface area contributed by atoms with Crippen molar-refractivity contribution in [2.24, 2.45) is 5.92 Å². The first-order valence-electron chi connectivity index (χ1n) is 6.82. The van der Waals surface area contributed by atoms with Crippen molar-refractivity contribution in [3.63, 3.8) is 0 Å². The summed E-state index contributed by atoms with van der Waals surface area (Å²) in [5, 5.41) is 3.60. The Morgan fingerprint density at radius 3 is 2.22 bits per heavy atom. The van der Waals surface area contributed by atoms with Crippen LogP contribution in [-0.4, -0.2) is 12.1 Å². The maximum absolute atomic E-state index is 13.0. The van der Waals surface area contributed by atoms with E-state index >= 15 is 0 Å². The molecule has 0 aliphatic heterocycles. The largest absolute Gasteiger partial charge is 0.311 e. The lowest BCUT2D eigenvalue weighted by atomic mass is 9.59. The van der Waals surface area contributed by atoms with E-state index in [2.05, 4.69) is 33.0 Å². The van der Waals surface area contributed by atoms with Crippen molar-refractivity contribution in [2.45, 2.75) is 51.5 Å². The average molecular weight is 249 g/mol. The molecule has 100 valence electrons. The number of benzene rings is 1. The van der Waals surface area contributed by atoms with Crippen molar-refractivity contribution in [3.8, 4) is 0 Å². The molecule has 18 heavy (non-hydrogen) atoms. The van der Waals surface area contributed by atoms with Gasteiger partial charge in [-0.1, -0.05) is 19.1 Å². The second-order valence-corrected chi connectivity index (χ2v) is 6.90. The lowest BCUT2D eigenvalue weighted by Crippen LogP contribution is -2.52. The van der Waals surface area contributed by atoms with Gasteiger partial charge in [0.25, 0.3) is 0 Å². The van der Waals surface area contributed by atoms with E-state index < -0.39 is 0 Å². The molecule has 2 heteroatoms. The fourth-order valence-electron chi connectivity index (χ4n) is 2.99. The van der Waals surface area contributed by atoms with E-state index in [4.69, 9.17) is 0 Å². The van der Waals surface area contributed by atoms with Gasteiger partial charge < -0.3 is 5.32 Å². The van der Waals surface area contributed by atoms with Gasteiger partial charge in [-0.2, -0.15) is 0 Å². The first-order chi connectivity index (χ1) is 8.31. The van der Waals surface area contributed by atoms with E-state index in [1.807, 2.05) is 12.1 Å². The second kappa shape index (κ2) is 4.65. The highest BCUT2D eigenvalue weighted by molar-refractivity contribution is 5.30. The van der Waals surface area contributed by atoms with Crippen molar-refractivity contribution in [3.05, 3.63) is 35.6 Å². The molecular weight excluding hydrogens is 225 g/mol. The van der Waals surface area contributed by atoms with Crippen LogP contribution < -0.4 is 5.32 Å². The molecule has 0 amide bonds. The molecule has 1 aromatic rings. The van der Waals surface area contributed by atoms with Crippen LogP contribution in [0.15, 0.2) is 24.3 Å². The summed E-state index contributed by atoms with van der Waals surface area (Å²) in [6, 6.07) is 7.06. The van der Waals surface area contributed by atoms with E-state index in [0.717, 1.165) is 12.5 Å². The van der Waals surface area contributed by atoms with Crippen molar-refractivity contribution in [1.82, 2.24) is 5.32 Å². The van der Waals surface area contributed by atoms with Gasteiger partial charge in [-0.3, -0.25) is 0 Å². The van der Waals surface area contributed by atoms with Gasteiger partial charge in [0.15, 0.2) is 0 Å². The van der Waals surface area contributed by atoms with Crippen LogP contribution in [0.25, 0.3) is 0 Å². The van der Waals surface area contributed by atoms with Gasteiger partial charge in [-0.15, -0.1) is 0 Å². The van der Waals surface area contributed by atoms with Crippen molar-refractivity contribution in [2.75, 3.05) is 6.54 Å². The lowest BCUT2D eigenvalue weighted by Gasteiger charge is -2.48. The van der Waals surface area contributed by atoms with Gasteiger partial charge in [0.2, 0.25) is 0 Å². The Morgan fingerprint density at radius 2 is 1.78 bits per heavy atom. The zero-order valence-electron chi connectivity index (χ0n) is 11.9. The van der Waals surface area contributed by atoms with Crippen LogP contribution in [0.2, 0.25) is 0 Å². The highest BCUT2D eigenvalue weighted by atomic mass is 19.1. The van der Waals surface area contributed by atoms with E-state index in [-0.39, 0.29) is 16.8 Å². The summed E-state index contributed by atoms with van der Waals surface area (Å²) in [4.78, 5) is 0. The van der Waals surface area contributed by atoms with Crippen LogP contribution in [0.4, 0.5) is 4.39 Å². The molecule has 1 aliphatic rings. The van der Waals surface area contributed by atoms with E-state index in [1.54, 1.807) is 12.1 Å². The van der Waals surface area contributed by atoms with Crippen LogP contribution >= 0.6 is 0 Å². The molecule has 0 unspecified atom stereocenters. The predicted octanol–water partition coefficient (Wildman–Crippen LogP) is 3.88. The van der Waals surface area contributed by atoms with Gasteiger partial charge in [-0.05, 0) is 57.2 Å². The van der Waals surface area contributed by atoms with Gasteiger partial charge in [0.1, 0.15) is 5.82 Å². The maximum Gasteiger partial charge on any atom is 0.123 e. The molecular formula is C16H24FN. The predicted molar refractivity (Wildman–Crippen MR) is 74.2 cm³/mol. The molecule has 1 saturated carbocycles. The maximum atomic E-state index is 13.0. The highest BCUT2D eigenvalue weighted by Crippen LogP contribution is 2.47. The average Bonchev–Trinajstić information content (AvgIpc) is 2.23. The normalized spacial score (nSPS) is 27.9. The summed E-state index contributed by atoms with van der Waals surface area (Å²) < 4.78 is 13.0. The fourth-order valence-corrected chi connectivity index (χ4v) is 2.99. The SMILES string of the molecule is CC1CC(CNC(C)(C)C)(c2ccc(F)cc2)C1. The molecule has 0 aromatic heterocycles. The smallest absolute Gasteiger partial charge is 0.123 e. The summed E-state index contributed by atoms with van der Waals surface area (Å²) in [5.74, 6) is 0.627. The Hall–Kier alpha value is -0.890. The third kappa shape index (κ3) is 2.92. The zero-order valence-corrected chi connectivity index (χ0v) is 11.9. The molecule has 0 atom stereocenters. The standard InChI is InChI=1S/C16H24FN/c1-12-9-16(10-12,11-18-15(2,3)4)13-5-7-14(17)8-6-13/h5-8,12,18H,9-11H2,1-4H3. The van der Waals surface area contributed by atoms with Crippen molar-refractivity contribution < 1.29 is 4.39 Å². The quantitative estimate of drug-likeness (QED) is 0.857. The highest BCUT2D eigenvalue weighted by Gasteiger charge is 2.43. The van der Waals surface area contributed by atoms with E-state index in [0.29, 0.717) is 0 Å². The topological polar surface area (TPSA) is 12.0 Å². The van der Waals surface area contributed by atoms with Crippen LogP contribution in [0.1, 0.15) is 46.1 Å². The number of nitrogens with one attached hydrogen (secondary N) is 1. The summed E-state index contributed by atoms with van der Waals surface area (Å²) in [5.41, 5.74) is 1.62. The number of hydrogen-bond acceptors (Lipinski definition) is 1. The molecule has 0 bridgehead atoms. The molecule has 0 heterocycles. The Morgan fingerprint density at radius 1 is 1.22 bits per heavy atom. The van der Waals surface area contributed by atoms with E-state index in [9.17, 15) is 4.39 Å². The fraction of sp³-hybridized carbons (Fsp3) is 0.625. The molecule has 1 fully saturated rings. The molecule has 1 nitrogen and oxygen atoms in total. The first-order valence-corrected chi connectivity index (χ1v) is 6.82. The molecule has 0 radical (unpaired) electrons. The minimum atomic E-state index is -0.148. The van der Waals surface area contributed by atoms with Crippen molar-refractivity contribution in [1.29, 1.82) is 0 Å². The van der Waals surface area contributed by atoms with Crippen molar-refractivity contribution >= 4 is 0 Å². The van der Waals surface area contributed by atoms with Gasteiger partial charge >= 0.3 is 0 Å². The van der Waals surface area contributed by atoms with Crippen LogP contribution in [-0.2, 0) is 5.41 Å². The van der Waals surface area contributed by atoms with Crippen LogP contribution in [0.3, 0.4) is 0 Å². The minimum absolute atomic E-state index is 0.131. The first kappa shape index (κ1) is 13.5. The second-order valence-electron chi connectivity index (χ2n) is 6.90. The molecule has 0 saturated heterocycles. The molecule has 1 N–H and O–H groups in total. The number of rotatable bonds is 3. The summed E-state index contributed by atoms with van der Waals surface area (Å²) in [7, 11) is 0. The summed E-state index contributed by atoms with van der Waals surface area (Å²) in [6.45, 7) is 9.83. The molecule has 1 aromatic carbocycles. The molecule has 2 rings (SSSR count). The Labute approximate surface area is 110 Å².